The van der Waals surface area contributed by atoms with Crippen molar-refractivity contribution in [2.45, 2.75) is 112 Å². The molecule has 2 heteroatoms. The lowest BCUT2D eigenvalue weighted by atomic mass is 9.58. The lowest BCUT2D eigenvalue weighted by molar-refractivity contribution is -0.154. The minimum Gasteiger partial charge on any atom is -0.460 e. The topological polar surface area (TPSA) is 26.3 Å². The Balaban J connectivity index is 0.000000433. The SMILES string of the molecule is CCC(=O)OC(C)(C)C.CCCCCC1(CCC)CC(C)C1. The summed E-state index contributed by atoms with van der Waals surface area (Å²) in [6.07, 6.45) is 12.2. The molecule has 0 N–H and O–H groups in total. The molecule has 0 aromatic heterocycles. The van der Waals surface area contributed by atoms with Crippen LogP contribution in [-0.4, -0.2) is 11.6 Å². The third-order valence-corrected chi connectivity index (χ3v) is 4.36. The molecule has 0 aromatic rings. The number of ether oxygens (including phenoxy) is 1. The molecule has 0 spiro atoms. The van der Waals surface area contributed by atoms with Crippen LogP contribution in [0.2, 0.25) is 0 Å². The number of hydrogen-bond donors (Lipinski definition) is 0. The highest BCUT2D eigenvalue weighted by molar-refractivity contribution is 5.69. The molecule has 22 heavy (non-hydrogen) atoms. The highest BCUT2D eigenvalue weighted by Gasteiger charge is 2.39. The van der Waals surface area contributed by atoms with Gasteiger partial charge in [0.05, 0.1) is 0 Å². The van der Waals surface area contributed by atoms with Gasteiger partial charge in [0.25, 0.3) is 0 Å². The number of rotatable bonds is 7. The molecular weight excluding hydrogens is 272 g/mol. The van der Waals surface area contributed by atoms with Gasteiger partial charge in [-0.25, -0.2) is 0 Å². The molecule has 1 aliphatic carbocycles. The fraction of sp³-hybridized carbons (Fsp3) is 0.950. The Hall–Kier alpha value is -0.530. The van der Waals surface area contributed by atoms with Crippen LogP contribution in [0.15, 0.2) is 0 Å². The van der Waals surface area contributed by atoms with Crippen LogP contribution >= 0.6 is 0 Å². The van der Waals surface area contributed by atoms with Gasteiger partial charge < -0.3 is 4.74 Å². The monoisotopic (exact) mass is 312 g/mol. The van der Waals surface area contributed by atoms with Crippen molar-refractivity contribution in [3.63, 3.8) is 0 Å². The Morgan fingerprint density at radius 3 is 1.95 bits per heavy atom. The lowest BCUT2D eigenvalue weighted by Crippen LogP contribution is -2.35. The second-order valence-electron chi connectivity index (χ2n) is 8.16. The second-order valence-corrected chi connectivity index (χ2v) is 8.16. The smallest absolute Gasteiger partial charge is 0.306 e. The summed E-state index contributed by atoms with van der Waals surface area (Å²) in [5, 5.41) is 0. The van der Waals surface area contributed by atoms with E-state index in [9.17, 15) is 4.79 Å². The van der Waals surface area contributed by atoms with Crippen LogP contribution < -0.4 is 0 Å². The summed E-state index contributed by atoms with van der Waals surface area (Å²) in [6.45, 7) is 14.4. The van der Waals surface area contributed by atoms with E-state index in [4.69, 9.17) is 4.74 Å². The fourth-order valence-electron chi connectivity index (χ4n) is 3.65. The summed E-state index contributed by atoms with van der Waals surface area (Å²) in [7, 11) is 0. The Kier molecular flexibility index (Phi) is 10.0. The van der Waals surface area contributed by atoms with Gasteiger partial charge in [-0.1, -0.05) is 53.4 Å². The molecule has 0 saturated heterocycles. The molecule has 0 heterocycles. The summed E-state index contributed by atoms with van der Waals surface area (Å²) in [5.41, 5.74) is 0.469. The van der Waals surface area contributed by atoms with E-state index >= 15 is 0 Å². The maximum atomic E-state index is 10.6. The molecule has 1 aliphatic rings. The van der Waals surface area contributed by atoms with Crippen molar-refractivity contribution in [3.8, 4) is 0 Å². The van der Waals surface area contributed by atoms with E-state index in [1.165, 1.54) is 51.4 Å². The maximum absolute atomic E-state index is 10.6. The van der Waals surface area contributed by atoms with E-state index in [0.717, 1.165) is 11.3 Å². The molecule has 0 bridgehead atoms. The zero-order chi connectivity index (χ0) is 17.2. The molecular formula is C20H40O2. The highest BCUT2D eigenvalue weighted by atomic mass is 16.6. The van der Waals surface area contributed by atoms with Gasteiger partial charge in [0.15, 0.2) is 0 Å². The molecule has 1 rings (SSSR count). The number of unbranched alkanes of at least 4 members (excludes halogenated alkanes) is 2. The van der Waals surface area contributed by atoms with Gasteiger partial charge in [0.1, 0.15) is 5.60 Å². The number of carbonyl (C=O) groups excluding carboxylic acids is 1. The van der Waals surface area contributed by atoms with Gasteiger partial charge in [-0.2, -0.15) is 0 Å². The molecule has 0 unspecified atom stereocenters. The minimum atomic E-state index is -0.326. The Morgan fingerprint density at radius 1 is 1.05 bits per heavy atom. The quantitative estimate of drug-likeness (QED) is 0.395. The third kappa shape index (κ3) is 9.48. The van der Waals surface area contributed by atoms with E-state index in [0.29, 0.717) is 6.42 Å². The first kappa shape index (κ1) is 21.5. The van der Waals surface area contributed by atoms with E-state index < -0.39 is 0 Å². The molecule has 0 aromatic carbocycles. The van der Waals surface area contributed by atoms with Crippen LogP contribution in [0.4, 0.5) is 0 Å². The zero-order valence-corrected chi connectivity index (χ0v) is 16.3. The minimum absolute atomic E-state index is 0.137. The maximum Gasteiger partial charge on any atom is 0.306 e. The average Bonchev–Trinajstić information content (AvgIpc) is 2.36. The molecule has 0 radical (unpaired) electrons. The standard InChI is InChI=1S/C13H26.C7H14O2/c1-4-6-7-9-13(8-5-2)10-12(3)11-13;1-5-6(8)9-7(2,3)4/h12H,4-11H2,1-3H3;5H2,1-4H3. The normalized spacial score (nSPS) is 24.0. The van der Waals surface area contributed by atoms with E-state index in [2.05, 4.69) is 20.8 Å². The summed E-state index contributed by atoms with van der Waals surface area (Å²) in [4.78, 5) is 10.6. The highest BCUT2D eigenvalue weighted by Crippen LogP contribution is 2.52. The van der Waals surface area contributed by atoms with Crippen molar-refractivity contribution in [1.82, 2.24) is 0 Å². The Bertz CT molecular complexity index is 290. The number of esters is 1. The van der Waals surface area contributed by atoms with Crippen LogP contribution in [0.3, 0.4) is 0 Å². The van der Waals surface area contributed by atoms with Crippen LogP contribution in [0.1, 0.15) is 106 Å². The van der Waals surface area contributed by atoms with E-state index in [1.807, 2.05) is 20.8 Å². The number of carbonyl (C=O) groups is 1. The van der Waals surface area contributed by atoms with Gasteiger partial charge in [-0.05, 0) is 57.8 Å². The summed E-state index contributed by atoms with van der Waals surface area (Å²) in [5.74, 6) is 0.885. The van der Waals surface area contributed by atoms with Gasteiger partial charge in [-0.3, -0.25) is 4.79 Å². The van der Waals surface area contributed by atoms with Crippen molar-refractivity contribution < 1.29 is 9.53 Å². The van der Waals surface area contributed by atoms with Crippen LogP contribution in [0.25, 0.3) is 0 Å². The van der Waals surface area contributed by atoms with Gasteiger partial charge in [-0.15, -0.1) is 0 Å². The molecule has 0 atom stereocenters. The number of hydrogen-bond acceptors (Lipinski definition) is 2. The second kappa shape index (κ2) is 10.3. The lowest BCUT2D eigenvalue weighted by Gasteiger charge is -2.47. The molecule has 1 saturated carbocycles. The summed E-state index contributed by atoms with van der Waals surface area (Å²) in [6, 6.07) is 0. The molecule has 2 nitrogen and oxygen atoms in total. The Labute approximate surface area is 139 Å². The largest absolute Gasteiger partial charge is 0.460 e. The first-order valence-electron chi connectivity index (χ1n) is 9.40. The van der Waals surface area contributed by atoms with Gasteiger partial charge in [0, 0.05) is 6.42 Å². The zero-order valence-electron chi connectivity index (χ0n) is 16.3. The van der Waals surface area contributed by atoms with Gasteiger partial charge >= 0.3 is 5.97 Å². The predicted molar refractivity (Wildman–Crippen MR) is 96.0 cm³/mol. The molecule has 0 aliphatic heterocycles. The van der Waals surface area contributed by atoms with Crippen molar-refractivity contribution in [1.29, 1.82) is 0 Å². The summed E-state index contributed by atoms with van der Waals surface area (Å²) >= 11 is 0. The first-order valence-corrected chi connectivity index (χ1v) is 9.40. The molecule has 132 valence electrons. The van der Waals surface area contributed by atoms with Crippen LogP contribution in [-0.2, 0) is 9.53 Å². The van der Waals surface area contributed by atoms with E-state index in [-0.39, 0.29) is 11.6 Å². The summed E-state index contributed by atoms with van der Waals surface area (Å²) < 4.78 is 4.95. The van der Waals surface area contributed by atoms with Crippen LogP contribution in [0, 0.1) is 11.3 Å². The molecule has 0 amide bonds. The van der Waals surface area contributed by atoms with Crippen molar-refractivity contribution in [2.24, 2.45) is 11.3 Å². The molecule has 1 fully saturated rings. The average molecular weight is 313 g/mol. The predicted octanol–water partition coefficient (Wildman–Crippen LogP) is 6.52. The van der Waals surface area contributed by atoms with Crippen molar-refractivity contribution >= 4 is 5.97 Å². The van der Waals surface area contributed by atoms with E-state index in [1.54, 1.807) is 6.92 Å². The first-order chi connectivity index (χ1) is 10.2. The van der Waals surface area contributed by atoms with Crippen molar-refractivity contribution in [3.05, 3.63) is 0 Å². The van der Waals surface area contributed by atoms with Gasteiger partial charge in [0.2, 0.25) is 0 Å². The van der Waals surface area contributed by atoms with Crippen LogP contribution in [0.5, 0.6) is 0 Å². The fourth-order valence-corrected chi connectivity index (χ4v) is 3.65. The van der Waals surface area contributed by atoms with Crippen molar-refractivity contribution in [2.75, 3.05) is 0 Å². The third-order valence-electron chi connectivity index (χ3n) is 4.36. The Morgan fingerprint density at radius 2 is 1.64 bits per heavy atom.